The van der Waals surface area contributed by atoms with Gasteiger partial charge in [-0.25, -0.2) is 4.98 Å². The van der Waals surface area contributed by atoms with Crippen LogP contribution in [0.1, 0.15) is 35.1 Å². The first kappa shape index (κ1) is 18.6. The predicted octanol–water partition coefficient (Wildman–Crippen LogP) is 4.25. The predicted molar refractivity (Wildman–Crippen MR) is 113 cm³/mol. The van der Waals surface area contributed by atoms with E-state index in [0.717, 1.165) is 29.8 Å². The highest BCUT2D eigenvalue weighted by Gasteiger charge is 2.39. The average molecular weight is 394 g/mol. The van der Waals surface area contributed by atoms with Crippen molar-refractivity contribution < 1.29 is 9.59 Å². The van der Waals surface area contributed by atoms with Gasteiger partial charge in [0.2, 0.25) is 5.91 Å². The molecule has 5 nitrogen and oxygen atoms in total. The van der Waals surface area contributed by atoms with E-state index in [2.05, 4.69) is 28.6 Å². The summed E-state index contributed by atoms with van der Waals surface area (Å²) in [5, 5.41) is 6.95. The molecule has 0 saturated heterocycles. The van der Waals surface area contributed by atoms with E-state index in [0.29, 0.717) is 23.7 Å². The van der Waals surface area contributed by atoms with Crippen molar-refractivity contribution in [2.45, 2.75) is 26.2 Å². The summed E-state index contributed by atoms with van der Waals surface area (Å²) < 4.78 is 1.20. The lowest BCUT2D eigenvalue weighted by molar-refractivity contribution is -0.117. The number of carbonyl (C=O) groups is 2. The maximum atomic E-state index is 12.4. The van der Waals surface area contributed by atoms with Crippen molar-refractivity contribution in [2.24, 2.45) is 11.8 Å². The highest BCUT2D eigenvalue weighted by Crippen LogP contribution is 2.38. The molecule has 2 N–H and O–H groups in total. The van der Waals surface area contributed by atoms with Crippen LogP contribution < -0.4 is 10.6 Å². The molecule has 3 aromatic rings. The third-order valence-corrected chi connectivity index (χ3v) is 6.13. The molecular formula is C22H23N3O2S. The quantitative estimate of drug-likeness (QED) is 0.590. The number of hydrogen-bond donors (Lipinski definition) is 2. The van der Waals surface area contributed by atoms with Crippen LogP contribution in [0.3, 0.4) is 0 Å². The second-order valence-corrected chi connectivity index (χ2v) is 8.44. The first-order valence-electron chi connectivity index (χ1n) is 9.64. The van der Waals surface area contributed by atoms with Crippen molar-refractivity contribution in [1.29, 1.82) is 0 Å². The summed E-state index contributed by atoms with van der Waals surface area (Å²) in [6, 6.07) is 15.2. The molecule has 144 valence electrons. The standard InChI is InChI=1S/C22H23N3O2S/c1-14-12-17(14)22(27)24-16-7-4-6-15(13-16)21(26)23-11-5-10-20-25-18-8-2-3-9-19(18)28-20/h2-4,6-9,13-14,17H,5,10-12H2,1H3,(H,23,26)(H,24,27). The van der Waals surface area contributed by atoms with E-state index in [4.69, 9.17) is 0 Å². The second kappa shape index (κ2) is 8.10. The Morgan fingerprint density at radius 3 is 2.79 bits per heavy atom. The van der Waals surface area contributed by atoms with Gasteiger partial charge in [-0.05, 0) is 49.1 Å². The summed E-state index contributed by atoms with van der Waals surface area (Å²) in [7, 11) is 0. The minimum Gasteiger partial charge on any atom is -0.352 e. The molecule has 1 saturated carbocycles. The van der Waals surface area contributed by atoms with Gasteiger partial charge in [0.25, 0.3) is 5.91 Å². The fourth-order valence-electron chi connectivity index (χ4n) is 3.23. The molecular weight excluding hydrogens is 370 g/mol. The minimum absolute atomic E-state index is 0.0425. The smallest absolute Gasteiger partial charge is 0.251 e. The van der Waals surface area contributed by atoms with E-state index in [9.17, 15) is 9.59 Å². The number of nitrogens with one attached hydrogen (secondary N) is 2. The summed E-state index contributed by atoms with van der Waals surface area (Å²) in [5.41, 5.74) is 2.26. The first-order valence-corrected chi connectivity index (χ1v) is 10.5. The molecule has 1 aliphatic rings. The van der Waals surface area contributed by atoms with E-state index in [1.807, 2.05) is 24.3 Å². The van der Waals surface area contributed by atoms with Crippen LogP contribution in [0.5, 0.6) is 0 Å². The number of benzene rings is 2. The molecule has 0 radical (unpaired) electrons. The number of aryl methyl sites for hydroxylation is 1. The first-order chi connectivity index (χ1) is 13.6. The van der Waals surface area contributed by atoms with Crippen LogP contribution in [0, 0.1) is 11.8 Å². The summed E-state index contributed by atoms with van der Waals surface area (Å²) >= 11 is 1.70. The van der Waals surface area contributed by atoms with Crippen molar-refractivity contribution in [1.82, 2.24) is 10.3 Å². The topological polar surface area (TPSA) is 71.1 Å². The molecule has 2 unspecified atom stereocenters. The summed E-state index contributed by atoms with van der Waals surface area (Å²) in [6.07, 6.45) is 2.62. The van der Waals surface area contributed by atoms with Crippen LogP contribution in [0.25, 0.3) is 10.2 Å². The van der Waals surface area contributed by atoms with E-state index < -0.39 is 0 Å². The molecule has 2 atom stereocenters. The summed E-state index contributed by atoms with van der Waals surface area (Å²) in [6.45, 7) is 2.66. The Bertz CT molecular complexity index is 981. The third kappa shape index (κ3) is 4.39. The number of anilines is 1. The monoisotopic (exact) mass is 393 g/mol. The van der Waals surface area contributed by atoms with Gasteiger partial charge >= 0.3 is 0 Å². The van der Waals surface area contributed by atoms with Gasteiger partial charge in [-0.2, -0.15) is 0 Å². The molecule has 2 amide bonds. The Morgan fingerprint density at radius 1 is 1.18 bits per heavy atom. The zero-order valence-electron chi connectivity index (χ0n) is 15.8. The molecule has 1 fully saturated rings. The molecule has 2 aromatic carbocycles. The van der Waals surface area contributed by atoms with Gasteiger partial charge in [0.15, 0.2) is 0 Å². The zero-order valence-corrected chi connectivity index (χ0v) is 16.6. The van der Waals surface area contributed by atoms with E-state index >= 15 is 0 Å². The van der Waals surface area contributed by atoms with E-state index in [1.165, 1.54) is 4.70 Å². The molecule has 1 aromatic heterocycles. The summed E-state index contributed by atoms with van der Waals surface area (Å²) in [5.74, 6) is 0.489. The van der Waals surface area contributed by atoms with Gasteiger partial charge in [-0.15, -0.1) is 11.3 Å². The highest BCUT2D eigenvalue weighted by atomic mass is 32.1. The number of rotatable bonds is 7. The normalized spacial score (nSPS) is 18.0. The Labute approximate surface area is 168 Å². The lowest BCUT2D eigenvalue weighted by Gasteiger charge is -2.08. The summed E-state index contributed by atoms with van der Waals surface area (Å²) in [4.78, 5) is 29.1. The van der Waals surface area contributed by atoms with Crippen molar-refractivity contribution in [3.63, 3.8) is 0 Å². The molecule has 6 heteroatoms. The maximum Gasteiger partial charge on any atom is 0.251 e. The molecule has 0 aliphatic heterocycles. The van der Waals surface area contributed by atoms with Crippen molar-refractivity contribution >= 4 is 39.1 Å². The SMILES string of the molecule is CC1CC1C(=O)Nc1cccc(C(=O)NCCCc2nc3ccccc3s2)c1. The van der Waals surface area contributed by atoms with Crippen LogP contribution in [0.15, 0.2) is 48.5 Å². The number of fused-ring (bicyclic) bond motifs is 1. The Balaban J connectivity index is 1.26. The van der Waals surface area contributed by atoms with Crippen molar-refractivity contribution in [2.75, 3.05) is 11.9 Å². The number of aromatic nitrogens is 1. The number of thiazole rings is 1. The Kier molecular flexibility index (Phi) is 5.39. The largest absolute Gasteiger partial charge is 0.352 e. The van der Waals surface area contributed by atoms with Gasteiger partial charge in [-0.3, -0.25) is 9.59 Å². The fraction of sp³-hybridized carbons (Fsp3) is 0.318. The number of amides is 2. The number of nitrogens with zero attached hydrogens (tertiary/aromatic N) is 1. The van der Waals surface area contributed by atoms with E-state index in [-0.39, 0.29) is 17.7 Å². The highest BCUT2D eigenvalue weighted by molar-refractivity contribution is 7.18. The Hall–Kier alpha value is -2.73. The van der Waals surface area contributed by atoms with Crippen LogP contribution in [-0.2, 0) is 11.2 Å². The average Bonchev–Trinajstić information content (AvgIpc) is 3.29. The Morgan fingerprint density at radius 2 is 2.00 bits per heavy atom. The van der Waals surface area contributed by atoms with E-state index in [1.54, 1.807) is 29.5 Å². The van der Waals surface area contributed by atoms with Crippen LogP contribution >= 0.6 is 11.3 Å². The lowest BCUT2D eigenvalue weighted by Crippen LogP contribution is -2.25. The minimum atomic E-state index is -0.125. The second-order valence-electron chi connectivity index (χ2n) is 7.32. The molecule has 1 aliphatic carbocycles. The molecule has 4 rings (SSSR count). The number of hydrogen-bond acceptors (Lipinski definition) is 4. The molecule has 1 heterocycles. The van der Waals surface area contributed by atoms with Crippen LogP contribution in [0.4, 0.5) is 5.69 Å². The third-order valence-electron chi connectivity index (χ3n) is 5.03. The van der Waals surface area contributed by atoms with Gasteiger partial charge in [0, 0.05) is 30.1 Å². The van der Waals surface area contributed by atoms with Crippen molar-refractivity contribution in [3.8, 4) is 0 Å². The molecule has 0 bridgehead atoms. The van der Waals surface area contributed by atoms with Crippen molar-refractivity contribution in [3.05, 3.63) is 59.1 Å². The maximum absolute atomic E-state index is 12.4. The molecule has 0 spiro atoms. The lowest BCUT2D eigenvalue weighted by atomic mass is 10.1. The molecule has 28 heavy (non-hydrogen) atoms. The van der Waals surface area contributed by atoms with Gasteiger partial charge < -0.3 is 10.6 Å². The van der Waals surface area contributed by atoms with Gasteiger partial charge in [-0.1, -0.05) is 25.1 Å². The van der Waals surface area contributed by atoms with Crippen LogP contribution in [-0.4, -0.2) is 23.3 Å². The zero-order chi connectivity index (χ0) is 19.5. The van der Waals surface area contributed by atoms with Gasteiger partial charge in [0.1, 0.15) is 0 Å². The number of para-hydroxylation sites is 1. The van der Waals surface area contributed by atoms with Gasteiger partial charge in [0.05, 0.1) is 15.2 Å². The number of carbonyl (C=O) groups excluding carboxylic acids is 2. The van der Waals surface area contributed by atoms with Crippen LogP contribution in [0.2, 0.25) is 0 Å². The fourth-order valence-corrected chi connectivity index (χ4v) is 4.24.